The number of fused-ring (bicyclic) bond motifs is 2. The maximum atomic E-state index is 12.2. The predicted octanol–water partition coefficient (Wildman–Crippen LogP) is 0.275. The van der Waals surface area contributed by atoms with Gasteiger partial charge in [0.05, 0.1) is 11.8 Å². The van der Waals surface area contributed by atoms with Crippen molar-refractivity contribution in [2.45, 2.75) is 0 Å². The summed E-state index contributed by atoms with van der Waals surface area (Å²) in [7, 11) is 0. The second-order valence-electron chi connectivity index (χ2n) is 4.43. The van der Waals surface area contributed by atoms with Crippen LogP contribution in [0.5, 0.6) is 5.75 Å². The van der Waals surface area contributed by atoms with E-state index in [4.69, 9.17) is 4.74 Å². The smallest absolute Gasteiger partial charge is 0.345 e. The van der Waals surface area contributed by atoms with Gasteiger partial charge in [-0.05, 0) is 34.7 Å². The van der Waals surface area contributed by atoms with E-state index in [9.17, 15) is 4.79 Å². The third kappa shape index (κ3) is 2.48. The van der Waals surface area contributed by atoms with Gasteiger partial charge in [-0.1, -0.05) is 0 Å². The maximum Gasteiger partial charge on any atom is 0.345 e. The fourth-order valence-corrected chi connectivity index (χ4v) is 1.84. The van der Waals surface area contributed by atoms with Crippen LogP contribution in [0.25, 0.3) is 23.0 Å². The Morgan fingerprint density at radius 2 is 1.43 bits per heavy atom. The number of rotatable bonds is 2. The third-order valence-corrected chi connectivity index (χ3v) is 2.95. The van der Waals surface area contributed by atoms with E-state index in [2.05, 4.69) is 40.8 Å². The normalized spacial score (nSPS) is 10.8. The van der Waals surface area contributed by atoms with Crippen LogP contribution in [0.1, 0.15) is 10.4 Å². The average Bonchev–Trinajstić information content (AvgIpc) is 3.10. The van der Waals surface area contributed by atoms with E-state index in [1.54, 1.807) is 18.2 Å². The molecule has 4 aliphatic heterocycles. The SMILES string of the molecule is O=C(Oc1ccc2nnnc-2nc1)c1ccc2nnnc-2nc1. The molecule has 0 radical (unpaired) electrons. The third-order valence-electron chi connectivity index (χ3n) is 2.95. The molecule has 0 aliphatic carbocycles. The van der Waals surface area contributed by atoms with Crippen molar-refractivity contribution in [1.29, 1.82) is 0 Å². The molecular formula is C13H6N8O2. The largest absolute Gasteiger partial charge is 0.421 e. The molecule has 0 aromatic carbocycles. The number of carbonyl (C=O) groups is 1. The van der Waals surface area contributed by atoms with Gasteiger partial charge in [0.2, 0.25) is 11.6 Å². The molecule has 10 nitrogen and oxygen atoms in total. The average molecular weight is 306 g/mol. The number of aromatic nitrogens is 8. The number of hydrogen-bond acceptors (Lipinski definition) is 10. The summed E-state index contributed by atoms with van der Waals surface area (Å²) >= 11 is 0. The molecule has 0 aromatic heterocycles. The molecule has 4 heterocycles. The summed E-state index contributed by atoms with van der Waals surface area (Å²) in [6, 6.07) is 6.30. The Balaban J connectivity index is 1.62. The van der Waals surface area contributed by atoms with Gasteiger partial charge in [-0.2, -0.15) is 0 Å². The van der Waals surface area contributed by atoms with Crippen molar-refractivity contribution in [3.8, 4) is 28.8 Å². The van der Waals surface area contributed by atoms with Crippen LogP contribution in [0.4, 0.5) is 0 Å². The summed E-state index contributed by atoms with van der Waals surface area (Å²) in [4.78, 5) is 20.3. The quantitative estimate of drug-likeness (QED) is 0.476. The van der Waals surface area contributed by atoms with Gasteiger partial charge in [-0.15, -0.1) is 20.4 Å². The molecule has 0 spiro atoms. The van der Waals surface area contributed by atoms with Gasteiger partial charge in [0.15, 0.2) is 0 Å². The van der Waals surface area contributed by atoms with Crippen LogP contribution in [0.2, 0.25) is 0 Å². The first-order chi connectivity index (χ1) is 11.3. The van der Waals surface area contributed by atoms with E-state index < -0.39 is 5.97 Å². The highest BCUT2D eigenvalue weighted by Crippen LogP contribution is 2.17. The summed E-state index contributed by atoms with van der Waals surface area (Å²) < 4.78 is 5.27. The van der Waals surface area contributed by atoms with Crippen LogP contribution in [0, 0.1) is 0 Å². The number of esters is 1. The van der Waals surface area contributed by atoms with Gasteiger partial charge in [0, 0.05) is 6.20 Å². The molecule has 0 amide bonds. The van der Waals surface area contributed by atoms with Gasteiger partial charge in [-0.25, -0.2) is 14.8 Å². The first kappa shape index (κ1) is 13.0. The monoisotopic (exact) mass is 306 g/mol. The van der Waals surface area contributed by atoms with E-state index in [0.717, 1.165) is 0 Å². The van der Waals surface area contributed by atoms with E-state index in [-0.39, 0.29) is 11.3 Å². The molecule has 0 atom stereocenters. The van der Waals surface area contributed by atoms with Crippen LogP contribution in [-0.4, -0.2) is 46.8 Å². The zero-order valence-electron chi connectivity index (χ0n) is 11.4. The molecule has 4 aliphatic rings. The number of ether oxygens (including phenoxy) is 1. The summed E-state index contributed by atoms with van der Waals surface area (Å²) in [5.41, 5.74) is 1.23. The Hall–Kier alpha value is -3.69. The highest BCUT2D eigenvalue weighted by Gasteiger charge is 2.13. The lowest BCUT2D eigenvalue weighted by Crippen LogP contribution is -2.07. The zero-order chi connectivity index (χ0) is 15.6. The lowest BCUT2D eigenvalue weighted by molar-refractivity contribution is 0.0734. The first-order valence-electron chi connectivity index (χ1n) is 6.42. The molecule has 23 heavy (non-hydrogen) atoms. The minimum Gasteiger partial charge on any atom is -0.421 e. The molecule has 0 bridgehead atoms. The predicted molar refractivity (Wildman–Crippen MR) is 73.4 cm³/mol. The van der Waals surface area contributed by atoms with E-state index in [0.29, 0.717) is 23.0 Å². The van der Waals surface area contributed by atoms with Crippen molar-refractivity contribution < 1.29 is 9.53 Å². The topological polar surface area (TPSA) is 129 Å². The fraction of sp³-hybridized carbons (Fsp3) is 0. The van der Waals surface area contributed by atoms with Gasteiger partial charge in [-0.3, -0.25) is 0 Å². The highest BCUT2D eigenvalue weighted by molar-refractivity contribution is 5.90. The summed E-state index contributed by atoms with van der Waals surface area (Å²) in [6.07, 6.45) is 2.72. The van der Waals surface area contributed by atoms with Crippen LogP contribution in [0.3, 0.4) is 0 Å². The highest BCUT2D eigenvalue weighted by atomic mass is 16.5. The van der Waals surface area contributed by atoms with E-state index in [1.165, 1.54) is 18.5 Å². The minimum atomic E-state index is -0.588. The van der Waals surface area contributed by atoms with Crippen LogP contribution in [0.15, 0.2) is 36.7 Å². The minimum absolute atomic E-state index is 0.244. The Bertz CT molecular complexity index is 885. The number of hydrogen-bond donors (Lipinski definition) is 0. The Morgan fingerprint density at radius 3 is 2.17 bits per heavy atom. The molecule has 0 N–H and O–H groups in total. The number of carbonyl (C=O) groups excluding carboxylic acids is 1. The van der Waals surface area contributed by atoms with Crippen molar-refractivity contribution in [3.63, 3.8) is 0 Å². The molecular weight excluding hydrogens is 300 g/mol. The van der Waals surface area contributed by atoms with Crippen LogP contribution in [-0.2, 0) is 0 Å². The zero-order valence-corrected chi connectivity index (χ0v) is 11.4. The molecule has 0 unspecified atom stereocenters. The van der Waals surface area contributed by atoms with Gasteiger partial charge < -0.3 is 4.74 Å². The standard InChI is InChI=1S/C13H6N8O2/c22-13(7-1-3-9-11(14-5-7)18-20-16-9)23-8-2-4-10-12(15-6-8)19-21-17-10/h1-6H. The van der Waals surface area contributed by atoms with E-state index in [1.807, 2.05) is 0 Å². The molecule has 10 heteroatoms. The molecule has 0 fully saturated rings. The van der Waals surface area contributed by atoms with Crippen molar-refractivity contribution in [2.24, 2.45) is 0 Å². The summed E-state index contributed by atoms with van der Waals surface area (Å²) in [5.74, 6) is 0.372. The van der Waals surface area contributed by atoms with Crippen LogP contribution < -0.4 is 4.74 Å². The lowest BCUT2D eigenvalue weighted by atomic mass is 10.3. The fourth-order valence-electron chi connectivity index (χ4n) is 1.84. The molecule has 110 valence electrons. The second-order valence-corrected chi connectivity index (χ2v) is 4.43. The lowest BCUT2D eigenvalue weighted by Gasteiger charge is -1.99. The van der Waals surface area contributed by atoms with Crippen molar-refractivity contribution in [1.82, 2.24) is 40.8 Å². The van der Waals surface area contributed by atoms with Crippen molar-refractivity contribution >= 4 is 5.97 Å². The van der Waals surface area contributed by atoms with Crippen molar-refractivity contribution in [2.75, 3.05) is 0 Å². The maximum absolute atomic E-state index is 12.2. The summed E-state index contributed by atoms with van der Waals surface area (Å²) in [6.45, 7) is 0. The Morgan fingerprint density at radius 1 is 0.783 bits per heavy atom. The Kier molecular flexibility index (Phi) is 2.97. The second kappa shape index (κ2) is 5.26. The summed E-state index contributed by atoms with van der Waals surface area (Å²) in [5, 5.41) is 22.0. The Labute approximate surface area is 128 Å². The van der Waals surface area contributed by atoms with Gasteiger partial charge in [0.25, 0.3) is 0 Å². The molecule has 0 aromatic rings. The molecule has 0 saturated heterocycles. The van der Waals surface area contributed by atoms with Gasteiger partial charge in [0.1, 0.15) is 17.1 Å². The van der Waals surface area contributed by atoms with Gasteiger partial charge >= 0.3 is 5.97 Å². The first-order valence-corrected chi connectivity index (χ1v) is 6.42. The number of nitrogens with zero attached hydrogens (tertiary/aromatic N) is 8. The molecule has 0 saturated carbocycles. The van der Waals surface area contributed by atoms with E-state index >= 15 is 0 Å². The molecule has 4 rings (SSSR count). The van der Waals surface area contributed by atoms with Crippen LogP contribution >= 0.6 is 0 Å². The van der Waals surface area contributed by atoms with Crippen molar-refractivity contribution in [3.05, 3.63) is 42.2 Å².